The number of hydrogen-bond acceptors (Lipinski definition) is 4. The molecule has 0 aliphatic heterocycles. The summed E-state index contributed by atoms with van der Waals surface area (Å²) in [6, 6.07) is 0.166. The zero-order chi connectivity index (χ0) is 13.3. The highest BCUT2D eigenvalue weighted by molar-refractivity contribution is 7.89. The van der Waals surface area contributed by atoms with Crippen LogP contribution >= 0.6 is 0 Å². The van der Waals surface area contributed by atoms with Gasteiger partial charge in [0.05, 0.1) is 18.3 Å². The van der Waals surface area contributed by atoms with Crippen molar-refractivity contribution in [2.45, 2.75) is 50.3 Å². The molecule has 18 heavy (non-hydrogen) atoms. The van der Waals surface area contributed by atoms with E-state index in [0.29, 0.717) is 19.4 Å². The van der Waals surface area contributed by atoms with Crippen LogP contribution in [-0.4, -0.2) is 43.6 Å². The minimum Gasteiger partial charge on any atom is -0.469 e. The lowest BCUT2D eigenvalue weighted by Gasteiger charge is -2.26. The predicted molar refractivity (Wildman–Crippen MR) is 67.5 cm³/mol. The third-order valence-electron chi connectivity index (χ3n) is 3.93. The molecule has 0 bridgehead atoms. The molecule has 2 fully saturated rings. The third-order valence-corrected chi connectivity index (χ3v) is 6.47. The average molecular weight is 275 g/mol. The lowest BCUT2D eigenvalue weighted by Crippen LogP contribution is -2.43. The van der Waals surface area contributed by atoms with Crippen LogP contribution in [0.3, 0.4) is 0 Å². The van der Waals surface area contributed by atoms with Crippen LogP contribution in [0.4, 0.5) is 0 Å². The van der Waals surface area contributed by atoms with Crippen LogP contribution in [0.15, 0.2) is 0 Å². The highest BCUT2D eigenvalue weighted by Gasteiger charge is 2.47. The second-order valence-corrected chi connectivity index (χ2v) is 7.18. The first-order valence-corrected chi connectivity index (χ1v) is 8.11. The van der Waals surface area contributed by atoms with Gasteiger partial charge in [-0.05, 0) is 25.7 Å². The Balaban J connectivity index is 2.20. The third kappa shape index (κ3) is 2.40. The van der Waals surface area contributed by atoms with Crippen molar-refractivity contribution >= 4 is 16.0 Å². The lowest BCUT2D eigenvalue weighted by atomic mass is 10.1. The highest BCUT2D eigenvalue weighted by atomic mass is 32.2. The van der Waals surface area contributed by atoms with E-state index in [4.69, 9.17) is 4.74 Å². The van der Waals surface area contributed by atoms with Crippen molar-refractivity contribution in [1.82, 2.24) is 4.31 Å². The maximum Gasteiger partial charge on any atom is 0.310 e. The molecule has 2 saturated carbocycles. The van der Waals surface area contributed by atoms with Crippen LogP contribution in [0.2, 0.25) is 0 Å². The molecule has 0 amide bonds. The number of ether oxygens (including phenoxy) is 1. The van der Waals surface area contributed by atoms with Crippen LogP contribution in [0.5, 0.6) is 0 Å². The first kappa shape index (κ1) is 13.8. The van der Waals surface area contributed by atoms with E-state index in [-0.39, 0.29) is 12.0 Å². The Hall–Kier alpha value is -0.620. The Labute approximate surface area is 109 Å². The Morgan fingerprint density at radius 1 is 1.28 bits per heavy atom. The van der Waals surface area contributed by atoms with Crippen LogP contribution in [-0.2, 0) is 19.6 Å². The van der Waals surface area contributed by atoms with Crippen LogP contribution in [0.1, 0.15) is 39.0 Å². The maximum absolute atomic E-state index is 12.6. The number of carbonyl (C=O) groups excluding carboxylic acids is 1. The predicted octanol–water partition coefficient (Wildman–Crippen LogP) is 1.14. The standard InChI is InChI=1S/C12H21NO4S/c1-3-13(9-7-8-9)18(15,16)11-6-4-5-10(11)12(14)17-2/h9-11H,3-8H2,1-2H3. The van der Waals surface area contributed by atoms with Crippen molar-refractivity contribution in [1.29, 1.82) is 0 Å². The summed E-state index contributed by atoms with van der Waals surface area (Å²) < 4.78 is 31.5. The molecule has 0 aromatic heterocycles. The van der Waals surface area contributed by atoms with Crippen molar-refractivity contribution in [2.75, 3.05) is 13.7 Å². The van der Waals surface area contributed by atoms with E-state index in [0.717, 1.165) is 19.3 Å². The van der Waals surface area contributed by atoms with E-state index in [2.05, 4.69) is 0 Å². The zero-order valence-electron chi connectivity index (χ0n) is 11.0. The molecule has 6 heteroatoms. The normalized spacial score (nSPS) is 28.6. The molecule has 0 aromatic carbocycles. The summed E-state index contributed by atoms with van der Waals surface area (Å²) in [7, 11) is -2.04. The Bertz CT molecular complexity index is 416. The topological polar surface area (TPSA) is 63.7 Å². The summed E-state index contributed by atoms with van der Waals surface area (Å²) in [5, 5.41) is -0.578. The SMILES string of the molecule is CCN(C1CC1)S(=O)(=O)C1CCCC1C(=O)OC. The number of methoxy groups -OCH3 is 1. The lowest BCUT2D eigenvalue weighted by molar-refractivity contribution is -0.145. The van der Waals surface area contributed by atoms with Gasteiger partial charge in [-0.3, -0.25) is 4.79 Å². The second-order valence-electron chi connectivity index (χ2n) is 5.08. The smallest absolute Gasteiger partial charge is 0.310 e. The van der Waals surface area contributed by atoms with E-state index in [1.807, 2.05) is 6.92 Å². The van der Waals surface area contributed by atoms with Crippen LogP contribution < -0.4 is 0 Å². The molecule has 0 aromatic rings. The minimum atomic E-state index is -3.36. The zero-order valence-corrected chi connectivity index (χ0v) is 11.8. The van der Waals surface area contributed by atoms with Crippen molar-refractivity contribution < 1.29 is 17.9 Å². The fourth-order valence-electron chi connectivity index (χ4n) is 2.89. The van der Waals surface area contributed by atoms with Gasteiger partial charge in [0, 0.05) is 12.6 Å². The summed E-state index contributed by atoms with van der Waals surface area (Å²) in [5.41, 5.74) is 0. The van der Waals surface area contributed by atoms with Gasteiger partial charge < -0.3 is 4.74 Å². The van der Waals surface area contributed by atoms with Crippen LogP contribution in [0, 0.1) is 5.92 Å². The molecule has 104 valence electrons. The van der Waals surface area contributed by atoms with Gasteiger partial charge >= 0.3 is 5.97 Å². The van der Waals surface area contributed by atoms with Gasteiger partial charge in [-0.1, -0.05) is 13.3 Å². The quantitative estimate of drug-likeness (QED) is 0.706. The summed E-state index contributed by atoms with van der Waals surface area (Å²) >= 11 is 0. The van der Waals surface area contributed by atoms with Gasteiger partial charge in [-0.25, -0.2) is 8.42 Å². The van der Waals surface area contributed by atoms with Crippen molar-refractivity contribution in [3.63, 3.8) is 0 Å². The van der Waals surface area contributed by atoms with Gasteiger partial charge in [-0.15, -0.1) is 0 Å². The number of hydrogen-bond donors (Lipinski definition) is 0. The molecule has 0 N–H and O–H groups in total. The van der Waals surface area contributed by atoms with Gasteiger partial charge in [-0.2, -0.15) is 4.31 Å². The Kier molecular flexibility index (Phi) is 3.96. The van der Waals surface area contributed by atoms with E-state index in [1.54, 1.807) is 4.31 Å². The summed E-state index contributed by atoms with van der Waals surface area (Å²) in [4.78, 5) is 11.7. The van der Waals surface area contributed by atoms with E-state index >= 15 is 0 Å². The number of carbonyl (C=O) groups is 1. The second kappa shape index (κ2) is 5.17. The molecule has 2 unspecified atom stereocenters. The molecule has 5 nitrogen and oxygen atoms in total. The number of nitrogens with zero attached hydrogens (tertiary/aromatic N) is 1. The van der Waals surface area contributed by atoms with E-state index in [1.165, 1.54) is 7.11 Å². The maximum atomic E-state index is 12.6. The van der Waals surface area contributed by atoms with E-state index in [9.17, 15) is 13.2 Å². The van der Waals surface area contributed by atoms with Gasteiger partial charge in [0.25, 0.3) is 0 Å². The van der Waals surface area contributed by atoms with Gasteiger partial charge in [0.2, 0.25) is 10.0 Å². The first-order valence-electron chi connectivity index (χ1n) is 6.60. The van der Waals surface area contributed by atoms with Crippen LogP contribution in [0.25, 0.3) is 0 Å². The van der Waals surface area contributed by atoms with Gasteiger partial charge in [0.1, 0.15) is 0 Å². The van der Waals surface area contributed by atoms with Crippen molar-refractivity contribution in [3.8, 4) is 0 Å². The number of esters is 1. The summed E-state index contributed by atoms with van der Waals surface area (Å²) in [6.07, 6.45) is 3.88. The van der Waals surface area contributed by atoms with Crippen molar-refractivity contribution in [2.24, 2.45) is 5.92 Å². The molecular formula is C12H21NO4S. The van der Waals surface area contributed by atoms with Crippen molar-refractivity contribution in [3.05, 3.63) is 0 Å². The largest absolute Gasteiger partial charge is 0.469 e. The molecule has 0 spiro atoms. The Morgan fingerprint density at radius 3 is 2.44 bits per heavy atom. The molecule has 2 aliphatic rings. The molecule has 2 rings (SSSR count). The highest BCUT2D eigenvalue weighted by Crippen LogP contribution is 2.37. The molecule has 2 atom stereocenters. The monoisotopic (exact) mass is 275 g/mol. The number of rotatable bonds is 5. The average Bonchev–Trinajstić information content (AvgIpc) is 3.03. The molecule has 0 heterocycles. The Morgan fingerprint density at radius 2 is 1.94 bits per heavy atom. The number of sulfonamides is 1. The molecule has 0 radical (unpaired) electrons. The fraction of sp³-hybridized carbons (Fsp3) is 0.917. The molecule has 2 aliphatic carbocycles. The van der Waals surface area contributed by atoms with Gasteiger partial charge in [0.15, 0.2) is 0 Å². The summed E-state index contributed by atoms with van der Waals surface area (Å²) in [5.74, 6) is -0.860. The minimum absolute atomic E-state index is 0.166. The molecule has 0 saturated heterocycles. The first-order chi connectivity index (χ1) is 8.52. The fourth-order valence-corrected chi connectivity index (χ4v) is 5.35. The molecular weight excluding hydrogens is 254 g/mol. The van der Waals surface area contributed by atoms with E-state index < -0.39 is 21.2 Å². The summed E-state index contributed by atoms with van der Waals surface area (Å²) in [6.45, 7) is 2.36.